The van der Waals surface area contributed by atoms with Crippen LogP contribution >= 0.6 is 0 Å². The molecule has 0 saturated heterocycles. The molecule has 3 heterocycles. The van der Waals surface area contributed by atoms with Gasteiger partial charge in [-0.2, -0.15) is 10.3 Å². The minimum Gasteiger partial charge on any atom is -0.379 e. The first-order valence-corrected chi connectivity index (χ1v) is 11.3. The van der Waals surface area contributed by atoms with Crippen LogP contribution in [0.1, 0.15) is 41.8 Å². The minimum absolute atomic E-state index is 0.0127. The topological polar surface area (TPSA) is 102 Å². The van der Waals surface area contributed by atoms with Crippen molar-refractivity contribution < 1.29 is 18.3 Å². The van der Waals surface area contributed by atoms with Crippen molar-refractivity contribution in [3.63, 3.8) is 0 Å². The summed E-state index contributed by atoms with van der Waals surface area (Å²) in [5.74, 6) is -3.34. The number of aromatic nitrogens is 3. The average Bonchev–Trinajstić information content (AvgIpc) is 2.83. The summed E-state index contributed by atoms with van der Waals surface area (Å²) >= 11 is 0. The predicted molar refractivity (Wildman–Crippen MR) is 128 cm³/mol. The van der Waals surface area contributed by atoms with Gasteiger partial charge in [0.15, 0.2) is 5.49 Å². The van der Waals surface area contributed by atoms with Crippen molar-refractivity contribution in [3.05, 3.63) is 86.8 Å². The summed E-state index contributed by atoms with van der Waals surface area (Å²) in [4.78, 5) is 34.8. The van der Waals surface area contributed by atoms with Crippen LogP contribution in [0, 0.1) is 29.9 Å². The Bertz CT molecular complexity index is 1650. The maximum atomic E-state index is 14.3. The van der Waals surface area contributed by atoms with Gasteiger partial charge in [-0.1, -0.05) is 12.1 Å². The van der Waals surface area contributed by atoms with Gasteiger partial charge in [-0.3, -0.25) is 14.0 Å². The lowest BCUT2D eigenvalue weighted by Crippen LogP contribution is -2.30. The molecule has 0 aliphatic rings. The second-order valence-corrected chi connectivity index (χ2v) is 8.47. The summed E-state index contributed by atoms with van der Waals surface area (Å²) < 4.78 is 37.0. The van der Waals surface area contributed by atoms with Crippen molar-refractivity contribution in [1.82, 2.24) is 14.0 Å². The fourth-order valence-corrected chi connectivity index (χ4v) is 3.90. The van der Waals surface area contributed by atoms with Gasteiger partial charge in [0.25, 0.3) is 11.5 Å². The molecular formula is C26H23F2N5O3. The van der Waals surface area contributed by atoms with Gasteiger partial charge in [-0.15, -0.1) is 0 Å². The quantitative estimate of drug-likeness (QED) is 0.303. The van der Waals surface area contributed by atoms with E-state index in [4.69, 9.17) is 4.74 Å². The van der Waals surface area contributed by atoms with E-state index in [2.05, 4.69) is 9.98 Å². The van der Waals surface area contributed by atoms with E-state index in [1.165, 1.54) is 15.0 Å². The Labute approximate surface area is 204 Å². The fourth-order valence-electron chi connectivity index (χ4n) is 3.90. The molecule has 184 valence electrons. The van der Waals surface area contributed by atoms with Crippen molar-refractivity contribution in [2.24, 2.45) is 4.99 Å². The number of halogens is 2. The molecule has 0 unspecified atom stereocenters. The molecule has 0 N–H and O–H groups in total. The van der Waals surface area contributed by atoms with Gasteiger partial charge in [-0.25, -0.2) is 13.8 Å². The lowest BCUT2D eigenvalue weighted by Gasteiger charge is -2.15. The maximum Gasteiger partial charge on any atom is 0.284 e. The molecule has 0 fully saturated rings. The number of hydrogen-bond acceptors (Lipinski definition) is 5. The Kier molecular flexibility index (Phi) is 7.03. The number of carbonyl (C=O) groups excluding carboxylic acids is 1. The van der Waals surface area contributed by atoms with Gasteiger partial charge in [0.1, 0.15) is 34.6 Å². The first-order chi connectivity index (χ1) is 17.2. The van der Waals surface area contributed by atoms with Crippen molar-refractivity contribution in [2.75, 3.05) is 6.61 Å². The highest BCUT2D eigenvalue weighted by Gasteiger charge is 2.19. The highest BCUT2D eigenvalue weighted by Crippen LogP contribution is 2.15. The van der Waals surface area contributed by atoms with E-state index >= 15 is 0 Å². The van der Waals surface area contributed by atoms with Crippen molar-refractivity contribution in [3.8, 4) is 6.07 Å². The molecule has 1 amide bonds. The SMILES string of the molecule is Cc1cccn2c(=O)c3cc(C#N)c(=NC(=O)c4c(F)cccc4F)n(CCCOC(C)C)c3nc12. The zero-order valence-corrected chi connectivity index (χ0v) is 20.0. The third-order valence-electron chi connectivity index (χ3n) is 5.59. The Hall–Kier alpha value is -4.23. The highest BCUT2D eigenvalue weighted by atomic mass is 19.1. The van der Waals surface area contributed by atoms with E-state index in [-0.39, 0.29) is 34.7 Å². The Morgan fingerprint density at radius 2 is 1.92 bits per heavy atom. The van der Waals surface area contributed by atoms with E-state index in [0.29, 0.717) is 18.7 Å². The lowest BCUT2D eigenvalue weighted by molar-refractivity contribution is 0.0748. The van der Waals surface area contributed by atoms with Crippen molar-refractivity contribution in [2.45, 2.75) is 39.8 Å². The van der Waals surface area contributed by atoms with Crippen LogP contribution in [-0.4, -0.2) is 32.6 Å². The number of hydrogen-bond donors (Lipinski definition) is 0. The average molecular weight is 491 g/mol. The van der Waals surface area contributed by atoms with Gasteiger partial charge in [0.2, 0.25) is 0 Å². The van der Waals surface area contributed by atoms with Gasteiger partial charge in [0.05, 0.1) is 17.1 Å². The Balaban J connectivity index is 2.04. The Morgan fingerprint density at radius 3 is 2.58 bits per heavy atom. The molecule has 8 nitrogen and oxygen atoms in total. The largest absolute Gasteiger partial charge is 0.379 e. The van der Waals surface area contributed by atoms with Crippen molar-refractivity contribution in [1.29, 1.82) is 5.26 Å². The summed E-state index contributed by atoms with van der Waals surface area (Å²) in [6.07, 6.45) is 2.00. The summed E-state index contributed by atoms with van der Waals surface area (Å²) in [6.45, 7) is 6.11. The van der Waals surface area contributed by atoms with Gasteiger partial charge >= 0.3 is 0 Å². The van der Waals surface area contributed by atoms with Crippen LogP contribution in [0.2, 0.25) is 0 Å². The van der Waals surface area contributed by atoms with Crippen LogP contribution in [0.5, 0.6) is 0 Å². The van der Waals surface area contributed by atoms with Crippen LogP contribution in [0.25, 0.3) is 16.7 Å². The third kappa shape index (κ3) is 4.65. The molecule has 4 aromatic rings. The van der Waals surface area contributed by atoms with Crippen LogP contribution < -0.4 is 11.0 Å². The second-order valence-electron chi connectivity index (χ2n) is 8.47. The van der Waals surface area contributed by atoms with Gasteiger partial charge < -0.3 is 9.30 Å². The van der Waals surface area contributed by atoms with E-state index < -0.39 is 28.7 Å². The number of pyridine rings is 2. The Morgan fingerprint density at radius 1 is 1.19 bits per heavy atom. The monoisotopic (exact) mass is 491 g/mol. The predicted octanol–water partition coefficient (Wildman–Crippen LogP) is 3.66. The van der Waals surface area contributed by atoms with Crippen LogP contribution in [0.3, 0.4) is 0 Å². The zero-order chi connectivity index (χ0) is 26.0. The standard InChI is InChI=1S/C26H23F2N5O3/c1-15(2)36-12-6-11-32-23(31-25(34)21-19(27)8-4-9-20(21)28)17(14-29)13-18-24(32)30-22-16(3)7-5-10-33(22)26(18)35/h4-5,7-10,13,15H,6,11-12H2,1-3H3. The summed E-state index contributed by atoms with van der Waals surface area (Å²) in [6, 6.07) is 9.79. The van der Waals surface area contributed by atoms with E-state index in [0.717, 1.165) is 23.8 Å². The fraction of sp³-hybridized carbons (Fsp3) is 0.269. The number of nitrogens with zero attached hydrogens (tertiary/aromatic N) is 5. The normalized spacial score (nSPS) is 12.0. The van der Waals surface area contributed by atoms with Crippen LogP contribution in [0.4, 0.5) is 8.78 Å². The lowest BCUT2D eigenvalue weighted by atomic mass is 10.2. The maximum absolute atomic E-state index is 14.3. The van der Waals surface area contributed by atoms with E-state index in [1.807, 2.05) is 19.9 Å². The summed E-state index contributed by atoms with van der Waals surface area (Å²) in [5.41, 5.74) is -0.170. The third-order valence-corrected chi connectivity index (χ3v) is 5.59. The van der Waals surface area contributed by atoms with E-state index in [1.54, 1.807) is 25.3 Å². The molecule has 0 saturated carbocycles. The molecule has 10 heteroatoms. The molecule has 0 aliphatic carbocycles. The molecule has 0 aliphatic heterocycles. The zero-order valence-electron chi connectivity index (χ0n) is 20.0. The molecule has 0 bridgehead atoms. The minimum atomic E-state index is -1.19. The molecule has 0 spiro atoms. The number of ether oxygens (including phenoxy) is 1. The molecule has 36 heavy (non-hydrogen) atoms. The second kappa shape index (κ2) is 10.2. The summed E-state index contributed by atoms with van der Waals surface area (Å²) in [7, 11) is 0. The van der Waals surface area contributed by atoms with Crippen LogP contribution in [-0.2, 0) is 11.3 Å². The van der Waals surface area contributed by atoms with Crippen molar-refractivity contribution >= 4 is 22.6 Å². The number of benzene rings is 1. The van der Waals surface area contributed by atoms with E-state index in [9.17, 15) is 23.6 Å². The first-order valence-electron chi connectivity index (χ1n) is 11.3. The molecule has 1 aromatic carbocycles. The molecular weight excluding hydrogens is 468 g/mol. The first kappa shape index (κ1) is 24.9. The molecule has 0 atom stereocenters. The number of aryl methyl sites for hydroxylation is 2. The molecule has 3 aromatic heterocycles. The smallest absolute Gasteiger partial charge is 0.284 e. The van der Waals surface area contributed by atoms with Gasteiger partial charge in [-0.05, 0) is 57.0 Å². The number of amides is 1. The molecule has 0 radical (unpaired) electrons. The summed E-state index contributed by atoms with van der Waals surface area (Å²) in [5, 5.41) is 9.99. The number of rotatable bonds is 6. The number of carbonyl (C=O) groups is 1. The number of nitriles is 1. The number of fused-ring (bicyclic) bond motifs is 2. The highest BCUT2D eigenvalue weighted by molar-refractivity contribution is 5.95. The van der Waals surface area contributed by atoms with Crippen LogP contribution in [0.15, 0.2) is 52.4 Å². The van der Waals surface area contributed by atoms with Gasteiger partial charge in [0, 0.05) is 19.3 Å². The molecule has 4 rings (SSSR count).